The SMILES string of the molecule is CC(c1ccccc1)n1cc(NC(=O)N2CC(O)CCC2(C)C)cn1. The predicted molar refractivity (Wildman–Crippen MR) is 97.5 cm³/mol. The van der Waals surface area contributed by atoms with Gasteiger partial charge in [0.05, 0.1) is 24.0 Å². The molecule has 1 aromatic heterocycles. The van der Waals surface area contributed by atoms with Gasteiger partial charge in [-0.3, -0.25) is 4.68 Å². The van der Waals surface area contributed by atoms with Gasteiger partial charge in [0, 0.05) is 18.3 Å². The average molecular weight is 342 g/mol. The van der Waals surface area contributed by atoms with Crippen LogP contribution in [0.1, 0.15) is 45.2 Å². The minimum absolute atomic E-state index is 0.0834. The van der Waals surface area contributed by atoms with Crippen molar-refractivity contribution in [3.8, 4) is 0 Å². The molecule has 6 heteroatoms. The van der Waals surface area contributed by atoms with Crippen LogP contribution in [0.15, 0.2) is 42.7 Å². The standard InChI is InChI=1S/C19H26N4O2/c1-14(15-7-5-4-6-8-15)23-12-16(11-20-23)21-18(25)22-13-17(24)9-10-19(22,2)3/h4-8,11-12,14,17,24H,9-10,13H2,1-3H3,(H,21,25). The van der Waals surface area contributed by atoms with Crippen LogP contribution in [0, 0.1) is 0 Å². The second-order valence-electron chi connectivity index (χ2n) is 7.34. The zero-order valence-electron chi connectivity index (χ0n) is 15.0. The number of carbonyl (C=O) groups is 1. The van der Waals surface area contributed by atoms with Gasteiger partial charge in [-0.2, -0.15) is 5.10 Å². The van der Waals surface area contributed by atoms with Gasteiger partial charge in [0.15, 0.2) is 0 Å². The Hall–Kier alpha value is -2.34. The fourth-order valence-electron chi connectivity index (χ4n) is 3.25. The van der Waals surface area contributed by atoms with E-state index in [1.54, 1.807) is 11.1 Å². The first kappa shape index (κ1) is 17.5. The Morgan fingerprint density at radius 3 is 2.80 bits per heavy atom. The Kier molecular flexibility index (Phi) is 4.81. The van der Waals surface area contributed by atoms with Crippen molar-refractivity contribution in [2.45, 2.75) is 51.3 Å². The maximum atomic E-state index is 12.6. The van der Waals surface area contributed by atoms with E-state index in [0.29, 0.717) is 12.2 Å². The number of piperidine rings is 1. The van der Waals surface area contributed by atoms with Gasteiger partial charge in [0.1, 0.15) is 0 Å². The lowest BCUT2D eigenvalue weighted by molar-refractivity contribution is 0.0249. The number of aromatic nitrogens is 2. The smallest absolute Gasteiger partial charge is 0.322 e. The summed E-state index contributed by atoms with van der Waals surface area (Å²) in [4.78, 5) is 14.4. The highest BCUT2D eigenvalue weighted by molar-refractivity contribution is 5.89. The van der Waals surface area contributed by atoms with E-state index in [9.17, 15) is 9.90 Å². The van der Waals surface area contributed by atoms with Crippen LogP contribution < -0.4 is 5.32 Å². The van der Waals surface area contributed by atoms with Crippen molar-refractivity contribution in [1.29, 1.82) is 0 Å². The molecule has 2 aromatic rings. The van der Waals surface area contributed by atoms with E-state index in [-0.39, 0.29) is 17.6 Å². The molecule has 1 saturated heterocycles. The number of β-amino-alcohol motifs (C(OH)–C–C–N with tert-alkyl or cyclic N) is 1. The van der Waals surface area contributed by atoms with E-state index < -0.39 is 6.10 Å². The third kappa shape index (κ3) is 3.85. The molecule has 2 heterocycles. The Bertz CT molecular complexity index is 726. The molecule has 2 unspecified atom stereocenters. The van der Waals surface area contributed by atoms with E-state index in [1.807, 2.05) is 42.9 Å². The molecule has 25 heavy (non-hydrogen) atoms. The van der Waals surface area contributed by atoms with Crippen LogP contribution >= 0.6 is 0 Å². The van der Waals surface area contributed by atoms with Crippen LogP contribution in [-0.4, -0.2) is 44.0 Å². The lowest BCUT2D eigenvalue weighted by Crippen LogP contribution is -2.56. The first-order valence-corrected chi connectivity index (χ1v) is 8.72. The number of rotatable bonds is 3. The molecule has 1 aliphatic rings. The van der Waals surface area contributed by atoms with Gasteiger partial charge in [-0.15, -0.1) is 0 Å². The summed E-state index contributed by atoms with van der Waals surface area (Å²) in [5, 5.41) is 17.2. The Morgan fingerprint density at radius 2 is 2.08 bits per heavy atom. The van der Waals surface area contributed by atoms with E-state index >= 15 is 0 Å². The van der Waals surface area contributed by atoms with Crippen molar-refractivity contribution in [2.24, 2.45) is 0 Å². The second-order valence-corrected chi connectivity index (χ2v) is 7.34. The number of aliphatic hydroxyl groups excluding tert-OH is 1. The molecule has 0 radical (unpaired) electrons. The summed E-state index contributed by atoms with van der Waals surface area (Å²) in [5.74, 6) is 0. The van der Waals surface area contributed by atoms with Crippen LogP contribution in [0.5, 0.6) is 0 Å². The summed E-state index contributed by atoms with van der Waals surface area (Å²) in [6.07, 6.45) is 4.54. The largest absolute Gasteiger partial charge is 0.391 e. The van der Waals surface area contributed by atoms with Crippen molar-refractivity contribution in [3.63, 3.8) is 0 Å². The third-order valence-electron chi connectivity index (χ3n) is 4.99. The highest BCUT2D eigenvalue weighted by atomic mass is 16.3. The summed E-state index contributed by atoms with van der Waals surface area (Å²) in [6.45, 7) is 6.48. The first-order chi connectivity index (χ1) is 11.9. The maximum absolute atomic E-state index is 12.6. The van der Waals surface area contributed by atoms with Gasteiger partial charge in [0.25, 0.3) is 0 Å². The van der Waals surface area contributed by atoms with Crippen molar-refractivity contribution >= 4 is 11.7 Å². The van der Waals surface area contributed by atoms with E-state index in [2.05, 4.69) is 29.5 Å². The number of nitrogens with zero attached hydrogens (tertiary/aromatic N) is 3. The quantitative estimate of drug-likeness (QED) is 0.899. The molecular weight excluding hydrogens is 316 g/mol. The number of amides is 2. The van der Waals surface area contributed by atoms with Crippen molar-refractivity contribution in [2.75, 3.05) is 11.9 Å². The molecule has 0 aliphatic carbocycles. The van der Waals surface area contributed by atoms with Gasteiger partial charge in [-0.1, -0.05) is 30.3 Å². The van der Waals surface area contributed by atoms with Gasteiger partial charge in [-0.25, -0.2) is 4.79 Å². The van der Waals surface area contributed by atoms with E-state index in [1.165, 1.54) is 0 Å². The highest BCUT2D eigenvalue weighted by Gasteiger charge is 2.36. The monoisotopic (exact) mass is 342 g/mol. The predicted octanol–water partition coefficient (Wildman–Crippen LogP) is 3.26. The van der Waals surface area contributed by atoms with Crippen molar-refractivity contribution < 1.29 is 9.90 Å². The van der Waals surface area contributed by atoms with Crippen LogP contribution in [-0.2, 0) is 0 Å². The number of aliphatic hydroxyl groups is 1. The summed E-state index contributed by atoms with van der Waals surface area (Å²) in [5.41, 5.74) is 1.55. The molecule has 134 valence electrons. The van der Waals surface area contributed by atoms with E-state index in [4.69, 9.17) is 0 Å². The van der Waals surface area contributed by atoms with Crippen LogP contribution in [0.4, 0.5) is 10.5 Å². The fraction of sp³-hybridized carbons (Fsp3) is 0.474. The molecule has 1 aliphatic heterocycles. The number of carbonyl (C=O) groups excluding carboxylic acids is 1. The minimum atomic E-state index is -0.459. The number of nitrogens with one attached hydrogen (secondary N) is 1. The number of hydrogen-bond acceptors (Lipinski definition) is 3. The van der Waals surface area contributed by atoms with Crippen molar-refractivity contribution in [1.82, 2.24) is 14.7 Å². The van der Waals surface area contributed by atoms with Crippen molar-refractivity contribution in [3.05, 3.63) is 48.3 Å². The lowest BCUT2D eigenvalue weighted by atomic mass is 9.89. The maximum Gasteiger partial charge on any atom is 0.322 e. The molecular formula is C19H26N4O2. The molecule has 3 rings (SSSR count). The third-order valence-corrected chi connectivity index (χ3v) is 4.99. The van der Waals surface area contributed by atoms with Crippen LogP contribution in [0.2, 0.25) is 0 Å². The van der Waals surface area contributed by atoms with E-state index in [0.717, 1.165) is 18.4 Å². The van der Waals surface area contributed by atoms with Gasteiger partial charge < -0.3 is 15.3 Å². The Labute approximate surface area is 148 Å². The molecule has 1 aromatic carbocycles. The zero-order chi connectivity index (χ0) is 18.0. The van der Waals surface area contributed by atoms with Gasteiger partial charge in [-0.05, 0) is 39.2 Å². The molecule has 2 amide bonds. The number of likely N-dealkylation sites (tertiary alicyclic amines) is 1. The summed E-state index contributed by atoms with van der Waals surface area (Å²) >= 11 is 0. The topological polar surface area (TPSA) is 70.4 Å². The first-order valence-electron chi connectivity index (χ1n) is 8.72. The highest BCUT2D eigenvalue weighted by Crippen LogP contribution is 2.28. The average Bonchev–Trinajstić information content (AvgIpc) is 3.05. The molecule has 2 N–H and O–H groups in total. The zero-order valence-corrected chi connectivity index (χ0v) is 15.0. The summed E-state index contributed by atoms with van der Waals surface area (Å²) in [6, 6.07) is 9.99. The molecule has 0 bridgehead atoms. The number of urea groups is 1. The lowest BCUT2D eigenvalue weighted by Gasteiger charge is -2.44. The number of hydrogen-bond donors (Lipinski definition) is 2. The molecule has 0 spiro atoms. The molecule has 0 saturated carbocycles. The summed E-state index contributed by atoms with van der Waals surface area (Å²) < 4.78 is 1.83. The number of benzene rings is 1. The number of anilines is 1. The van der Waals surface area contributed by atoms with Gasteiger partial charge in [0.2, 0.25) is 0 Å². The second kappa shape index (κ2) is 6.88. The summed E-state index contributed by atoms with van der Waals surface area (Å²) in [7, 11) is 0. The Morgan fingerprint density at radius 1 is 1.36 bits per heavy atom. The molecule has 2 atom stereocenters. The van der Waals surface area contributed by atoms with Crippen LogP contribution in [0.3, 0.4) is 0 Å². The molecule has 1 fully saturated rings. The fourth-order valence-corrected chi connectivity index (χ4v) is 3.25. The van der Waals surface area contributed by atoms with Crippen LogP contribution in [0.25, 0.3) is 0 Å². The Balaban J connectivity index is 1.69. The van der Waals surface area contributed by atoms with Gasteiger partial charge >= 0.3 is 6.03 Å². The molecule has 6 nitrogen and oxygen atoms in total. The minimum Gasteiger partial charge on any atom is -0.391 e. The normalized spacial score (nSPS) is 21.0.